The first kappa shape index (κ1) is 13.9. The highest BCUT2D eigenvalue weighted by molar-refractivity contribution is 5.65. The highest BCUT2D eigenvalue weighted by atomic mass is 16.3. The summed E-state index contributed by atoms with van der Waals surface area (Å²) in [6.45, 7) is 0.844. The molecular weight excluding hydrogens is 282 g/mol. The molecule has 3 aromatic carbocycles. The Bertz CT molecular complexity index is 799. The van der Waals surface area contributed by atoms with Crippen molar-refractivity contribution in [2.45, 2.75) is 19.0 Å². The van der Waals surface area contributed by atoms with Gasteiger partial charge >= 0.3 is 0 Å². The van der Waals surface area contributed by atoms with E-state index >= 15 is 0 Å². The molecule has 1 heterocycles. The van der Waals surface area contributed by atoms with Crippen LogP contribution in [0.15, 0.2) is 78.9 Å². The first-order chi connectivity index (χ1) is 11.3. The molecule has 0 saturated carbocycles. The minimum Gasteiger partial charge on any atom is -0.508 e. The summed E-state index contributed by atoms with van der Waals surface area (Å²) in [7, 11) is 0. The maximum absolute atomic E-state index is 10.3. The Kier molecular flexibility index (Phi) is 3.51. The van der Waals surface area contributed by atoms with Gasteiger partial charge < -0.3 is 10.0 Å². The molecule has 0 amide bonds. The van der Waals surface area contributed by atoms with Crippen molar-refractivity contribution < 1.29 is 5.11 Å². The van der Waals surface area contributed by atoms with Gasteiger partial charge in [0.05, 0.1) is 6.04 Å². The summed E-state index contributed by atoms with van der Waals surface area (Å²) in [6, 6.07) is 27.2. The second-order valence-electron chi connectivity index (χ2n) is 6.02. The van der Waals surface area contributed by atoms with Crippen molar-refractivity contribution in [2.75, 3.05) is 4.90 Å². The summed E-state index contributed by atoms with van der Waals surface area (Å²) in [5.41, 5.74) is 4.77. The highest BCUT2D eigenvalue weighted by Crippen LogP contribution is 2.44. The number of aromatic hydroxyl groups is 1. The number of anilines is 1. The Labute approximate surface area is 136 Å². The van der Waals surface area contributed by atoms with Crippen LogP contribution in [0.1, 0.15) is 22.7 Å². The fraction of sp³-hybridized carbons (Fsp3) is 0.143. The second kappa shape index (κ2) is 5.81. The minimum absolute atomic E-state index is 0.264. The van der Waals surface area contributed by atoms with E-state index in [4.69, 9.17) is 0 Å². The van der Waals surface area contributed by atoms with Gasteiger partial charge in [0.2, 0.25) is 0 Å². The predicted octanol–water partition coefficient (Wildman–Crippen LogP) is 4.70. The first-order valence-electron chi connectivity index (χ1n) is 7.99. The highest BCUT2D eigenvalue weighted by Gasteiger charge is 2.32. The molecule has 1 N–H and O–H groups in total. The molecule has 3 aromatic rings. The van der Waals surface area contributed by atoms with Crippen molar-refractivity contribution >= 4 is 5.69 Å². The van der Waals surface area contributed by atoms with Crippen LogP contribution in [0.2, 0.25) is 0 Å². The zero-order valence-corrected chi connectivity index (χ0v) is 12.9. The van der Waals surface area contributed by atoms with Crippen LogP contribution < -0.4 is 4.90 Å². The molecule has 1 unspecified atom stereocenters. The third kappa shape index (κ3) is 2.57. The molecule has 1 aliphatic rings. The van der Waals surface area contributed by atoms with Crippen molar-refractivity contribution in [2.24, 2.45) is 0 Å². The maximum atomic E-state index is 10.3. The van der Waals surface area contributed by atoms with Gasteiger partial charge in [-0.25, -0.2) is 0 Å². The standard InChI is InChI=1S/C21H19NO/c23-21-13-7-12-19-18(21)14-20(17-10-5-2-6-11-17)22(19)15-16-8-3-1-4-9-16/h1-13,20,23H,14-15H2. The molecule has 1 aliphatic heterocycles. The van der Waals surface area contributed by atoms with Gasteiger partial charge in [-0.3, -0.25) is 0 Å². The molecule has 0 radical (unpaired) electrons. The molecule has 0 aliphatic carbocycles. The number of phenolic OH excluding ortho intramolecular Hbond substituents is 1. The molecule has 23 heavy (non-hydrogen) atoms. The Morgan fingerprint density at radius 3 is 2.26 bits per heavy atom. The lowest BCUT2D eigenvalue weighted by atomic mass is 10.0. The number of fused-ring (bicyclic) bond motifs is 1. The average molecular weight is 301 g/mol. The van der Waals surface area contributed by atoms with Crippen LogP contribution in [0.5, 0.6) is 5.75 Å². The quantitative estimate of drug-likeness (QED) is 0.758. The van der Waals surface area contributed by atoms with E-state index < -0.39 is 0 Å². The van der Waals surface area contributed by atoms with Gasteiger partial charge in [0.25, 0.3) is 0 Å². The number of hydrogen-bond acceptors (Lipinski definition) is 2. The Hall–Kier alpha value is -2.74. The lowest BCUT2D eigenvalue weighted by Crippen LogP contribution is -2.24. The normalized spacial score (nSPS) is 16.3. The molecule has 1 atom stereocenters. The van der Waals surface area contributed by atoms with E-state index in [2.05, 4.69) is 59.5 Å². The number of nitrogens with zero attached hydrogens (tertiary/aromatic N) is 1. The van der Waals surface area contributed by atoms with Crippen LogP contribution in [0.4, 0.5) is 5.69 Å². The molecule has 2 heteroatoms. The van der Waals surface area contributed by atoms with E-state index in [1.165, 1.54) is 11.1 Å². The fourth-order valence-electron chi connectivity index (χ4n) is 3.46. The monoisotopic (exact) mass is 301 g/mol. The van der Waals surface area contributed by atoms with Crippen LogP contribution >= 0.6 is 0 Å². The number of phenols is 1. The smallest absolute Gasteiger partial charge is 0.120 e. The van der Waals surface area contributed by atoms with Crippen molar-refractivity contribution in [3.05, 3.63) is 95.6 Å². The third-order valence-corrected chi connectivity index (χ3v) is 4.59. The fourth-order valence-corrected chi connectivity index (χ4v) is 3.46. The molecule has 0 aromatic heterocycles. The van der Waals surface area contributed by atoms with E-state index in [0.717, 1.165) is 24.2 Å². The van der Waals surface area contributed by atoms with Crippen LogP contribution in [0.25, 0.3) is 0 Å². The third-order valence-electron chi connectivity index (χ3n) is 4.59. The summed E-state index contributed by atoms with van der Waals surface area (Å²) in [5, 5.41) is 10.3. The number of hydrogen-bond donors (Lipinski definition) is 1. The number of benzene rings is 3. The van der Waals surface area contributed by atoms with Crippen molar-refractivity contribution in [3.63, 3.8) is 0 Å². The Balaban J connectivity index is 1.76. The summed E-state index contributed by atoms with van der Waals surface area (Å²) in [5.74, 6) is 0.402. The van der Waals surface area contributed by atoms with Crippen LogP contribution in [0.3, 0.4) is 0 Å². The lowest BCUT2D eigenvalue weighted by Gasteiger charge is -2.28. The molecule has 114 valence electrons. The topological polar surface area (TPSA) is 23.5 Å². The van der Waals surface area contributed by atoms with Gasteiger partial charge in [-0.1, -0.05) is 66.7 Å². The van der Waals surface area contributed by atoms with E-state index in [1.54, 1.807) is 6.07 Å². The molecule has 0 bridgehead atoms. The average Bonchev–Trinajstić information content (AvgIpc) is 2.97. The summed E-state index contributed by atoms with van der Waals surface area (Å²) in [4.78, 5) is 2.40. The molecule has 0 fully saturated rings. The molecule has 4 rings (SSSR count). The molecule has 0 spiro atoms. The Morgan fingerprint density at radius 2 is 1.52 bits per heavy atom. The molecule has 0 saturated heterocycles. The number of rotatable bonds is 3. The first-order valence-corrected chi connectivity index (χ1v) is 7.99. The van der Waals surface area contributed by atoms with E-state index in [0.29, 0.717) is 5.75 Å². The second-order valence-corrected chi connectivity index (χ2v) is 6.02. The summed E-state index contributed by atoms with van der Waals surface area (Å²) < 4.78 is 0. The Morgan fingerprint density at radius 1 is 0.826 bits per heavy atom. The van der Waals surface area contributed by atoms with Crippen LogP contribution in [0, 0.1) is 0 Å². The summed E-state index contributed by atoms with van der Waals surface area (Å²) >= 11 is 0. The zero-order valence-electron chi connectivity index (χ0n) is 12.9. The van der Waals surface area contributed by atoms with E-state index in [-0.39, 0.29) is 6.04 Å². The largest absolute Gasteiger partial charge is 0.508 e. The SMILES string of the molecule is Oc1cccc2c1CC(c1ccccc1)N2Cc1ccccc1. The van der Waals surface area contributed by atoms with Crippen molar-refractivity contribution in [1.29, 1.82) is 0 Å². The molecule has 2 nitrogen and oxygen atoms in total. The van der Waals surface area contributed by atoms with E-state index in [9.17, 15) is 5.11 Å². The molecular formula is C21H19NO. The van der Waals surface area contributed by atoms with Gasteiger partial charge in [0, 0.05) is 24.2 Å². The van der Waals surface area contributed by atoms with Gasteiger partial charge in [-0.2, -0.15) is 0 Å². The van der Waals surface area contributed by atoms with Crippen molar-refractivity contribution in [3.8, 4) is 5.75 Å². The van der Waals surface area contributed by atoms with E-state index in [1.807, 2.05) is 18.2 Å². The lowest BCUT2D eigenvalue weighted by molar-refractivity contribution is 0.468. The minimum atomic E-state index is 0.264. The van der Waals surface area contributed by atoms with Gasteiger partial charge in [0.15, 0.2) is 0 Å². The van der Waals surface area contributed by atoms with Crippen LogP contribution in [-0.2, 0) is 13.0 Å². The maximum Gasteiger partial charge on any atom is 0.120 e. The van der Waals surface area contributed by atoms with Gasteiger partial charge in [0.1, 0.15) is 5.75 Å². The zero-order chi connectivity index (χ0) is 15.6. The summed E-state index contributed by atoms with van der Waals surface area (Å²) in [6.07, 6.45) is 0.846. The van der Waals surface area contributed by atoms with Gasteiger partial charge in [-0.15, -0.1) is 0 Å². The van der Waals surface area contributed by atoms with Crippen molar-refractivity contribution in [1.82, 2.24) is 0 Å². The van der Waals surface area contributed by atoms with Crippen LogP contribution in [-0.4, -0.2) is 5.11 Å². The van der Waals surface area contributed by atoms with Gasteiger partial charge in [-0.05, 0) is 23.3 Å². The predicted molar refractivity (Wildman–Crippen MR) is 93.6 cm³/mol.